The molecule has 2 aromatic carbocycles. The highest BCUT2D eigenvalue weighted by Crippen LogP contribution is 2.43. The fraction of sp³-hybridized carbons (Fsp3) is 0.333. The number of nitrogens with zero attached hydrogens (tertiary/aromatic N) is 1. The Balaban J connectivity index is 1.86. The van der Waals surface area contributed by atoms with Gasteiger partial charge in [-0.05, 0) is 31.4 Å². The van der Waals surface area contributed by atoms with Crippen molar-refractivity contribution in [3.05, 3.63) is 69.8 Å². The number of nitrogens with one attached hydrogen (secondary N) is 1. The molecule has 1 aliphatic carbocycles. The summed E-state index contributed by atoms with van der Waals surface area (Å²) >= 11 is 0. The van der Waals surface area contributed by atoms with Gasteiger partial charge < -0.3 is 0 Å². The van der Waals surface area contributed by atoms with E-state index in [1.54, 1.807) is 0 Å². The SMILES string of the molecule is Cc1c([N+](=O)[O-])cccc1S(=O)(=O)NCC1(c2ccccc2)CCC1. The molecule has 0 heterocycles. The van der Waals surface area contributed by atoms with Crippen molar-refractivity contribution in [1.82, 2.24) is 4.72 Å². The van der Waals surface area contributed by atoms with E-state index in [1.807, 2.05) is 30.3 Å². The number of sulfonamides is 1. The van der Waals surface area contributed by atoms with Gasteiger partial charge in [0.05, 0.1) is 9.82 Å². The van der Waals surface area contributed by atoms with Crippen LogP contribution in [-0.4, -0.2) is 19.9 Å². The number of rotatable bonds is 6. The predicted molar refractivity (Wildman–Crippen MR) is 95.0 cm³/mol. The summed E-state index contributed by atoms with van der Waals surface area (Å²) in [7, 11) is -3.82. The predicted octanol–water partition coefficient (Wildman–Crippen LogP) is 3.30. The van der Waals surface area contributed by atoms with Crippen molar-refractivity contribution in [3.8, 4) is 0 Å². The van der Waals surface area contributed by atoms with Crippen LogP contribution >= 0.6 is 0 Å². The minimum atomic E-state index is -3.82. The van der Waals surface area contributed by atoms with Gasteiger partial charge in [-0.25, -0.2) is 13.1 Å². The van der Waals surface area contributed by atoms with Crippen molar-refractivity contribution in [2.24, 2.45) is 0 Å². The number of nitro benzene ring substituents is 1. The Hall–Kier alpha value is -2.25. The Morgan fingerprint density at radius 1 is 1.12 bits per heavy atom. The van der Waals surface area contributed by atoms with Gasteiger partial charge in [-0.2, -0.15) is 0 Å². The summed E-state index contributed by atoms with van der Waals surface area (Å²) in [5, 5.41) is 11.0. The van der Waals surface area contributed by atoms with Gasteiger partial charge in [0.25, 0.3) is 5.69 Å². The van der Waals surface area contributed by atoms with E-state index in [4.69, 9.17) is 0 Å². The van der Waals surface area contributed by atoms with E-state index in [1.165, 1.54) is 25.1 Å². The van der Waals surface area contributed by atoms with Crippen LogP contribution in [0, 0.1) is 17.0 Å². The Labute approximate surface area is 147 Å². The van der Waals surface area contributed by atoms with Crippen molar-refractivity contribution in [2.45, 2.75) is 36.5 Å². The van der Waals surface area contributed by atoms with E-state index in [-0.39, 0.29) is 21.6 Å². The van der Waals surface area contributed by atoms with Gasteiger partial charge in [0.1, 0.15) is 0 Å². The lowest BCUT2D eigenvalue weighted by atomic mass is 9.64. The molecule has 1 aliphatic rings. The van der Waals surface area contributed by atoms with Crippen LogP contribution in [0.4, 0.5) is 5.69 Å². The maximum absolute atomic E-state index is 12.7. The molecule has 0 radical (unpaired) electrons. The van der Waals surface area contributed by atoms with Crippen LogP contribution < -0.4 is 4.72 Å². The highest BCUT2D eigenvalue weighted by atomic mass is 32.2. The molecule has 0 aromatic heterocycles. The fourth-order valence-electron chi connectivity index (χ4n) is 3.37. The molecule has 0 saturated heterocycles. The van der Waals surface area contributed by atoms with Crippen LogP contribution in [0.15, 0.2) is 53.4 Å². The van der Waals surface area contributed by atoms with E-state index >= 15 is 0 Å². The third-order valence-electron chi connectivity index (χ3n) is 5.04. The first-order chi connectivity index (χ1) is 11.9. The normalized spacial score (nSPS) is 16.2. The van der Waals surface area contributed by atoms with E-state index in [0.29, 0.717) is 6.54 Å². The molecule has 2 aromatic rings. The van der Waals surface area contributed by atoms with Crippen molar-refractivity contribution in [2.75, 3.05) is 6.54 Å². The minimum Gasteiger partial charge on any atom is -0.258 e. The second-order valence-corrected chi connectivity index (χ2v) is 8.22. The topological polar surface area (TPSA) is 89.3 Å². The van der Waals surface area contributed by atoms with Crippen LogP contribution in [0.1, 0.15) is 30.4 Å². The maximum Gasteiger partial charge on any atom is 0.273 e. The largest absolute Gasteiger partial charge is 0.273 e. The average Bonchev–Trinajstić information content (AvgIpc) is 2.54. The quantitative estimate of drug-likeness (QED) is 0.632. The number of hydrogen-bond donors (Lipinski definition) is 1. The van der Waals surface area contributed by atoms with Crippen LogP contribution in [-0.2, 0) is 15.4 Å². The zero-order valence-corrected chi connectivity index (χ0v) is 14.8. The standard InChI is InChI=1S/C18H20N2O4S/c1-14-16(20(21)22)9-5-10-17(14)25(23,24)19-13-18(11-6-12-18)15-7-3-2-4-8-15/h2-5,7-10,19H,6,11-13H2,1H3. The van der Waals surface area contributed by atoms with E-state index in [2.05, 4.69) is 4.72 Å². The Kier molecular flexibility index (Phi) is 4.62. The fourth-order valence-corrected chi connectivity index (χ4v) is 4.75. The lowest BCUT2D eigenvalue weighted by Gasteiger charge is -2.42. The van der Waals surface area contributed by atoms with Crippen molar-refractivity contribution < 1.29 is 13.3 Å². The zero-order valence-electron chi connectivity index (χ0n) is 13.9. The molecular weight excluding hydrogens is 340 g/mol. The van der Waals surface area contributed by atoms with Crippen LogP contribution in [0.25, 0.3) is 0 Å². The van der Waals surface area contributed by atoms with Crippen LogP contribution in [0.3, 0.4) is 0 Å². The first-order valence-corrected chi connectivity index (χ1v) is 9.63. The lowest BCUT2D eigenvalue weighted by Crippen LogP contribution is -2.45. The average molecular weight is 360 g/mol. The van der Waals surface area contributed by atoms with E-state index < -0.39 is 14.9 Å². The third kappa shape index (κ3) is 3.29. The van der Waals surface area contributed by atoms with Gasteiger partial charge >= 0.3 is 0 Å². The minimum absolute atomic E-state index is 0.0377. The maximum atomic E-state index is 12.7. The first kappa shape index (κ1) is 17.6. The Morgan fingerprint density at radius 3 is 2.36 bits per heavy atom. The third-order valence-corrected chi connectivity index (χ3v) is 6.58. The highest BCUT2D eigenvalue weighted by Gasteiger charge is 2.39. The van der Waals surface area contributed by atoms with E-state index in [0.717, 1.165) is 24.8 Å². The van der Waals surface area contributed by atoms with Crippen molar-refractivity contribution >= 4 is 15.7 Å². The summed E-state index contributed by atoms with van der Waals surface area (Å²) in [6.07, 6.45) is 2.91. The van der Waals surface area contributed by atoms with Gasteiger partial charge in [0, 0.05) is 23.6 Å². The van der Waals surface area contributed by atoms with Gasteiger partial charge in [-0.15, -0.1) is 0 Å². The van der Waals surface area contributed by atoms with Crippen molar-refractivity contribution in [3.63, 3.8) is 0 Å². The summed E-state index contributed by atoms with van der Waals surface area (Å²) in [4.78, 5) is 10.4. The van der Waals surface area contributed by atoms with Crippen LogP contribution in [0.2, 0.25) is 0 Å². The number of nitro groups is 1. The van der Waals surface area contributed by atoms with Gasteiger partial charge in [0.2, 0.25) is 10.0 Å². The molecule has 132 valence electrons. The molecular formula is C18H20N2O4S. The molecule has 0 amide bonds. The molecule has 25 heavy (non-hydrogen) atoms. The molecule has 3 rings (SSSR count). The molecule has 0 aliphatic heterocycles. The molecule has 1 saturated carbocycles. The Morgan fingerprint density at radius 2 is 1.80 bits per heavy atom. The monoisotopic (exact) mass is 360 g/mol. The summed E-state index contributed by atoms with van der Waals surface area (Å²) in [6.45, 7) is 1.75. The molecule has 1 N–H and O–H groups in total. The van der Waals surface area contributed by atoms with Crippen molar-refractivity contribution in [1.29, 1.82) is 0 Å². The smallest absolute Gasteiger partial charge is 0.258 e. The molecule has 6 nitrogen and oxygen atoms in total. The van der Waals surface area contributed by atoms with E-state index in [9.17, 15) is 18.5 Å². The van der Waals surface area contributed by atoms with Gasteiger partial charge in [-0.3, -0.25) is 10.1 Å². The molecule has 0 spiro atoms. The number of benzene rings is 2. The van der Waals surface area contributed by atoms with Crippen LogP contribution in [0.5, 0.6) is 0 Å². The first-order valence-electron chi connectivity index (χ1n) is 8.15. The molecule has 1 fully saturated rings. The second kappa shape index (κ2) is 6.57. The molecule has 0 atom stereocenters. The van der Waals surface area contributed by atoms with Gasteiger partial charge in [-0.1, -0.05) is 42.8 Å². The second-order valence-electron chi connectivity index (χ2n) is 6.48. The summed E-state index contributed by atoms with van der Waals surface area (Å²) in [5.74, 6) is 0. The molecule has 0 unspecified atom stereocenters. The summed E-state index contributed by atoms with van der Waals surface area (Å²) < 4.78 is 28.1. The summed E-state index contributed by atoms with van der Waals surface area (Å²) in [5.41, 5.74) is 0.898. The number of hydrogen-bond acceptors (Lipinski definition) is 4. The van der Waals surface area contributed by atoms with Gasteiger partial charge in [0.15, 0.2) is 0 Å². The summed E-state index contributed by atoms with van der Waals surface area (Å²) in [6, 6.07) is 14.0. The molecule has 0 bridgehead atoms. The Bertz CT molecular complexity index is 891. The highest BCUT2D eigenvalue weighted by molar-refractivity contribution is 7.89. The lowest BCUT2D eigenvalue weighted by molar-refractivity contribution is -0.385. The zero-order chi connectivity index (χ0) is 18.1. The molecule has 7 heteroatoms.